The summed E-state index contributed by atoms with van der Waals surface area (Å²) in [6.07, 6.45) is 1.70. The standard InChI is InChI=1S/C22H25ClFN5O2/c1-12-20(23)13(2)28-21(27-12)17-10-29(11-18(17)25)22(30)16-6-5-14(24)8-19(16)31-15-4-3-7-26-9-15/h5-6,8,15,17,25-26H,3-4,7,9-11H2,1-2H3. The summed E-state index contributed by atoms with van der Waals surface area (Å²) in [5.41, 5.74) is 1.95. The first-order valence-electron chi connectivity index (χ1n) is 10.4. The number of amides is 1. The van der Waals surface area contributed by atoms with Crippen LogP contribution in [0, 0.1) is 25.1 Å². The zero-order valence-corrected chi connectivity index (χ0v) is 18.3. The lowest BCUT2D eigenvalue weighted by Crippen LogP contribution is -2.37. The summed E-state index contributed by atoms with van der Waals surface area (Å²) in [6, 6.07) is 3.97. The molecule has 0 bridgehead atoms. The Hall–Kier alpha value is -2.58. The number of ether oxygens (including phenoxy) is 1. The minimum Gasteiger partial charge on any atom is -0.488 e. The van der Waals surface area contributed by atoms with Crippen molar-refractivity contribution >= 4 is 23.2 Å². The summed E-state index contributed by atoms with van der Waals surface area (Å²) in [4.78, 5) is 23.7. The second kappa shape index (κ2) is 8.88. The second-order valence-electron chi connectivity index (χ2n) is 8.06. The number of aryl methyl sites for hydroxylation is 2. The monoisotopic (exact) mass is 445 g/mol. The van der Waals surface area contributed by atoms with Gasteiger partial charge in [0, 0.05) is 24.9 Å². The highest BCUT2D eigenvalue weighted by Gasteiger charge is 2.35. The van der Waals surface area contributed by atoms with Gasteiger partial charge in [-0.3, -0.25) is 4.79 Å². The van der Waals surface area contributed by atoms with E-state index in [0.29, 0.717) is 40.1 Å². The van der Waals surface area contributed by atoms with Crippen molar-refractivity contribution in [3.05, 3.63) is 51.8 Å². The van der Waals surface area contributed by atoms with Crippen LogP contribution >= 0.6 is 11.6 Å². The van der Waals surface area contributed by atoms with E-state index in [1.807, 2.05) is 0 Å². The lowest BCUT2D eigenvalue weighted by Gasteiger charge is -2.25. The van der Waals surface area contributed by atoms with E-state index in [-0.39, 0.29) is 30.9 Å². The number of nitrogens with one attached hydrogen (secondary N) is 2. The minimum atomic E-state index is -0.456. The molecule has 7 nitrogen and oxygen atoms in total. The number of carbonyl (C=O) groups is 1. The number of hydrogen-bond acceptors (Lipinski definition) is 6. The molecular formula is C22H25ClFN5O2. The van der Waals surface area contributed by atoms with Crippen molar-refractivity contribution in [3.63, 3.8) is 0 Å². The zero-order chi connectivity index (χ0) is 22.1. The molecule has 0 saturated carbocycles. The fourth-order valence-electron chi connectivity index (χ4n) is 4.03. The topological polar surface area (TPSA) is 91.2 Å². The summed E-state index contributed by atoms with van der Waals surface area (Å²) >= 11 is 6.17. The van der Waals surface area contributed by atoms with Crippen molar-refractivity contribution in [1.29, 1.82) is 5.41 Å². The molecule has 2 N–H and O–H groups in total. The number of rotatable bonds is 4. The van der Waals surface area contributed by atoms with Crippen LogP contribution in [-0.4, -0.2) is 58.8 Å². The van der Waals surface area contributed by atoms with Crippen LogP contribution in [0.2, 0.25) is 5.02 Å². The Morgan fingerprint density at radius 2 is 2.06 bits per heavy atom. The van der Waals surface area contributed by atoms with Crippen LogP contribution in [0.3, 0.4) is 0 Å². The smallest absolute Gasteiger partial charge is 0.257 e. The third-order valence-electron chi connectivity index (χ3n) is 5.70. The van der Waals surface area contributed by atoms with Crippen molar-refractivity contribution in [3.8, 4) is 5.75 Å². The van der Waals surface area contributed by atoms with E-state index >= 15 is 0 Å². The molecule has 2 saturated heterocycles. The molecule has 1 aromatic heterocycles. The first-order valence-corrected chi connectivity index (χ1v) is 10.8. The Labute approximate surface area is 185 Å². The van der Waals surface area contributed by atoms with Gasteiger partial charge in [-0.2, -0.15) is 0 Å². The quantitative estimate of drug-likeness (QED) is 0.753. The fraction of sp³-hybridized carbons (Fsp3) is 0.455. The van der Waals surface area contributed by atoms with Gasteiger partial charge in [0.2, 0.25) is 0 Å². The highest BCUT2D eigenvalue weighted by atomic mass is 35.5. The van der Waals surface area contributed by atoms with Gasteiger partial charge in [0.05, 0.1) is 34.4 Å². The number of benzene rings is 1. The molecule has 31 heavy (non-hydrogen) atoms. The molecule has 1 aromatic carbocycles. The van der Waals surface area contributed by atoms with Crippen LogP contribution in [0.1, 0.15) is 46.3 Å². The van der Waals surface area contributed by atoms with Gasteiger partial charge in [0.15, 0.2) is 0 Å². The average molecular weight is 446 g/mol. The second-order valence-corrected chi connectivity index (χ2v) is 8.43. The van der Waals surface area contributed by atoms with Gasteiger partial charge in [-0.15, -0.1) is 0 Å². The Kier molecular flexibility index (Phi) is 6.20. The van der Waals surface area contributed by atoms with Gasteiger partial charge in [-0.05, 0) is 45.4 Å². The molecule has 2 aromatic rings. The summed E-state index contributed by atoms with van der Waals surface area (Å²) in [7, 11) is 0. The maximum Gasteiger partial charge on any atom is 0.257 e. The predicted molar refractivity (Wildman–Crippen MR) is 116 cm³/mol. The molecule has 0 radical (unpaired) electrons. The number of aromatic nitrogens is 2. The molecule has 9 heteroatoms. The average Bonchev–Trinajstić information content (AvgIpc) is 3.14. The highest BCUT2D eigenvalue weighted by Crippen LogP contribution is 2.29. The van der Waals surface area contributed by atoms with Crippen LogP contribution < -0.4 is 10.1 Å². The van der Waals surface area contributed by atoms with E-state index in [9.17, 15) is 9.18 Å². The van der Waals surface area contributed by atoms with Gasteiger partial charge in [0.1, 0.15) is 23.5 Å². The van der Waals surface area contributed by atoms with E-state index in [2.05, 4.69) is 15.3 Å². The highest BCUT2D eigenvalue weighted by molar-refractivity contribution is 6.31. The molecule has 2 atom stereocenters. The van der Waals surface area contributed by atoms with Gasteiger partial charge >= 0.3 is 0 Å². The van der Waals surface area contributed by atoms with E-state index in [0.717, 1.165) is 19.4 Å². The van der Waals surface area contributed by atoms with Gasteiger partial charge in [-0.25, -0.2) is 14.4 Å². The Morgan fingerprint density at radius 3 is 2.74 bits per heavy atom. The van der Waals surface area contributed by atoms with E-state index in [1.165, 1.54) is 18.2 Å². The van der Waals surface area contributed by atoms with Crippen LogP contribution in [0.4, 0.5) is 4.39 Å². The molecule has 1 amide bonds. The van der Waals surface area contributed by atoms with Crippen LogP contribution in [0.15, 0.2) is 18.2 Å². The summed E-state index contributed by atoms with van der Waals surface area (Å²) in [5.74, 6) is -0.422. The van der Waals surface area contributed by atoms with Crippen LogP contribution in [0.25, 0.3) is 0 Å². The molecule has 164 valence electrons. The van der Waals surface area contributed by atoms with Crippen molar-refractivity contribution in [2.75, 3.05) is 26.2 Å². The van der Waals surface area contributed by atoms with Gasteiger partial charge < -0.3 is 20.4 Å². The normalized spacial score (nSPS) is 21.4. The van der Waals surface area contributed by atoms with Gasteiger partial charge in [-0.1, -0.05) is 11.6 Å². The summed E-state index contributed by atoms with van der Waals surface area (Å²) in [5, 5.41) is 12.2. The lowest BCUT2D eigenvalue weighted by molar-refractivity contribution is 0.0785. The molecule has 2 fully saturated rings. The number of carbonyl (C=O) groups excluding carboxylic acids is 1. The number of halogens is 2. The van der Waals surface area contributed by atoms with Crippen LogP contribution in [-0.2, 0) is 0 Å². The Bertz CT molecular complexity index is 1000. The molecule has 2 aliphatic heterocycles. The molecule has 0 spiro atoms. The molecule has 2 unspecified atom stereocenters. The first-order chi connectivity index (χ1) is 14.8. The molecule has 0 aliphatic carbocycles. The third kappa shape index (κ3) is 4.55. The summed E-state index contributed by atoms with van der Waals surface area (Å²) < 4.78 is 19.9. The number of likely N-dealkylation sites (tertiary alicyclic amines) is 1. The van der Waals surface area contributed by atoms with Gasteiger partial charge in [0.25, 0.3) is 5.91 Å². The maximum atomic E-state index is 13.9. The zero-order valence-electron chi connectivity index (χ0n) is 17.5. The van der Waals surface area contributed by atoms with E-state index < -0.39 is 11.7 Å². The lowest BCUT2D eigenvalue weighted by atomic mass is 10.1. The Morgan fingerprint density at radius 1 is 1.32 bits per heavy atom. The SMILES string of the molecule is Cc1nc(C2CN(C(=O)c3ccc(F)cc3OC3CCCNC3)CC2=N)nc(C)c1Cl. The maximum absolute atomic E-state index is 13.9. The van der Waals surface area contributed by atoms with Crippen molar-refractivity contribution < 1.29 is 13.9 Å². The summed E-state index contributed by atoms with van der Waals surface area (Å²) in [6.45, 7) is 5.62. The molecule has 2 aliphatic rings. The van der Waals surface area contributed by atoms with Crippen molar-refractivity contribution in [1.82, 2.24) is 20.2 Å². The fourth-order valence-corrected chi connectivity index (χ4v) is 4.11. The minimum absolute atomic E-state index is 0.111. The molecule has 4 rings (SSSR count). The molecular weight excluding hydrogens is 421 g/mol. The van der Waals surface area contributed by atoms with Crippen LogP contribution in [0.5, 0.6) is 5.75 Å². The van der Waals surface area contributed by atoms with E-state index in [4.69, 9.17) is 21.7 Å². The third-order valence-corrected chi connectivity index (χ3v) is 6.25. The molecule has 3 heterocycles. The first kappa shape index (κ1) is 21.6. The predicted octanol–water partition coefficient (Wildman–Crippen LogP) is 3.28. The largest absolute Gasteiger partial charge is 0.488 e. The Balaban J connectivity index is 1.56. The van der Waals surface area contributed by atoms with Crippen molar-refractivity contribution in [2.24, 2.45) is 0 Å². The number of nitrogens with zero attached hydrogens (tertiary/aromatic N) is 3. The number of hydrogen-bond donors (Lipinski definition) is 2. The van der Waals surface area contributed by atoms with Crippen molar-refractivity contribution in [2.45, 2.75) is 38.7 Å². The number of piperidine rings is 1. The van der Waals surface area contributed by atoms with E-state index in [1.54, 1.807) is 18.7 Å².